The molecule has 0 aliphatic carbocycles. The average molecular weight is 460 g/mol. The van der Waals surface area contributed by atoms with E-state index in [1.54, 1.807) is 0 Å². The van der Waals surface area contributed by atoms with Gasteiger partial charge in [0.15, 0.2) is 0 Å². The van der Waals surface area contributed by atoms with Gasteiger partial charge >= 0.3 is 13.3 Å². The SMILES string of the molecule is CC1(c2ccc(Nc3ccc(C(F)(F)F)cc3)c(B3OC(C)(C)C(C)(C)O3)c2)CCNC1=O. The minimum Gasteiger partial charge on any atom is -0.399 e. The van der Waals surface area contributed by atoms with Gasteiger partial charge in [-0.2, -0.15) is 13.2 Å². The van der Waals surface area contributed by atoms with E-state index in [2.05, 4.69) is 10.6 Å². The molecule has 2 N–H and O–H groups in total. The number of carbonyl (C=O) groups excluding carboxylic acids is 1. The summed E-state index contributed by atoms with van der Waals surface area (Å²) in [6.07, 6.45) is -3.73. The smallest absolute Gasteiger partial charge is 0.399 e. The number of alkyl halides is 3. The second kappa shape index (κ2) is 7.77. The second-order valence-corrected chi connectivity index (χ2v) is 9.93. The summed E-state index contributed by atoms with van der Waals surface area (Å²) in [6.45, 7) is 10.3. The van der Waals surface area contributed by atoms with E-state index in [4.69, 9.17) is 9.31 Å². The summed E-state index contributed by atoms with van der Waals surface area (Å²) in [5.41, 5.74) is 0.118. The van der Waals surface area contributed by atoms with Crippen LogP contribution in [-0.4, -0.2) is 30.8 Å². The summed E-state index contributed by atoms with van der Waals surface area (Å²) in [5, 5.41) is 6.08. The van der Waals surface area contributed by atoms with Gasteiger partial charge in [-0.3, -0.25) is 4.79 Å². The highest BCUT2D eigenvalue weighted by Crippen LogP contribution is 2.38. The highest BCUT2D eigenvalue weighted by Gasteiger charge is 2.52. The number of benzene rings is 2. The molecule has 2 saturated heterocycles. The van der Waals surface area contributed by atoms with Crippen molar-refractivity contribution in [1.82, 2.24) is 5.32 Å². The van der Waals surface area contributed by atoms with Gasteiger partial charge < -0.3 is 19.9 Å². The molecule has 33 heavy (non-hydrogen) atoms. The van der Waals surface area contributed by atoms with Crippen LogP contribution in [0.5, 0.6) is 0 Å². The van der Waals surface area contributed by atoms with E-state index >= 15 is 0 Å². The standard InChI is InChI=1S/C24H28BF3N2O3/c1-21(2)22(3,4)33-25(32-21)18-14-16(23(5)12-13-29-20(23)31)8-11-19(18)30-17-9-6-15(7-10-17)24(26,27)28/h6-11,14,30H,12-13H2,1-5H3,(H,29,31). The van der Waals surface area contributed by atoms with Crippen LogP contribution < -0.4 is 16.1 Å². The van der Waals surface area contributed by atoms with E-state index in [1.165, 1.54) is 12.1 Å². The van der Waals surface area contributed by atoms with E-state index < -0.39 is 35.5 Å². The first-order valence-corrected chi connectivity index (χ1v) is 11.0. The Hall–Kier alpha value is -2.52. The van der Waals surface area contributed by atoms with E-state index in [-0.39, 0.29) is 5.91 Å². The molecular formula is C24H28BF3N2O3. The van der Waals surface area contributed by atoms with Crippen LogP contribution in [0.25, 0.3) is 0 Å². The van der Waals surface area contributed by atoms with Crippen LogP contribution in [-0.2, 0) is 25.7 Å². The van der Waals surface area contributed by atoms with E-state index in [0.29, 0.717) is 29.8 Å². The Morgan fingerprint density at radius 2 is 1.58 bits per heavy atom. The predicted molar refractivity (Wildman–Crippen MR) is 122 cm³/mol. The fourth-order valence-electron chi connectivity index (χ4n) is 4.09. The minimum absolute atomic E-state index is 0.0363. The molecule has 2 heterocycles. The second-order valence-electron chi connectivity index (χ2n) is 9.93. The van der Waals surface area contributed by atoms with Crippen molar-refractivity contribution in [3.8, 4) is 0 Å². The lowest BCUT2D eigenvalue weighted by atomic mass is 9.72. The highest BCUT2D eigenvalue weighted by molar-refractivity contribution is 6.64. The largest absolute Gasteiger partial charge is 0.496 e. The van der Waals surface area contributed by atoms with Crippen molar-refractivity contribution in [3.63, 3.8) is 0 Å². The summed E-state index contributed by atoms with van der Waals surface area (Å²) in [4.78, 5) is 12.5. The third-order valence-corrected chi connectivity index (χ3v) is 7.10. The zero-order valence-electron chi connectivity index (χ0n) is 19.4. The van der Waals surface area contributed by atoms with Gasteiger partial charge in [-0.15, -0.1) is 0 Å². The van der Waals surface area contributed by atoms with Gasteiger partial charge in [-0.1, -0.05) is 12.1 Å². The molecule has 2 aliphatic rings. The molecule has 1 amide bonds. The molecule has 0 spiro atoms. The molecule has 4 rings (SSSR count). The Balaban J connectivity index is 1.73. The Kier molecular flexibility index (Phi) is 5.57. The maximum Gasteiger partial charge on any atom is 0.496 e. The fraction of sp³-hybridized carbons (Fsp3) is 0.458. The van der Waals surface area contributed by atoms with Gasteiger partial charge in [0.05, 0.1) is 22.2 Å². The lowest BCUT2D eigenvalue weighted by Gasteiger charge is -2.32. The first-order chi connectivity index (χ1) is 15.2. The first-order valence-electron chi connectivity index (χ1n) is 11.0. The van der Waals surface area contributed by atoms with Gasteiger partial charge in [0.25, 0.3) is 0 Å². The maximum absolute atomic E-state index is 12.9. The van der Waals surface area contributed by atoms with Gasteiger partial charge in [0.2, 0.25) is 5.91 Å². The summed E-state index contributed by atoms with van der Waals surface area (Å²) < 4.78 is 51.3. The van der Waals surface area contributed by atoms with Gasteiger partial charge in [-0.25, -0.2) is 0 Å². The molecule has 5 nitrogen and oxygen atoms in total. The molecule has 1 unspecified atom stereocenters. The summed E-state index contributed by atoms with van der Waals surface area (Å²) >= 11 is 0. The zero-order valence-corrected chi connectivity index (χ0v) is 19.4. The number of halogens is 3. The predicted octanol–water partition coefficient (Wildman–Crippen LogP) is 4.53. The number of hydrogen-bond donors (Lipinski definition) is 2. The number of anilines is 2. The van der Waals surface area contributed by atoms with Crippen LogP contribution in [0.1, 0.15) is 52.2 Å². The van der Waals surface area contributed by atoms with Crippen LogP contribution in [0.4, 0.5) is 24.5 Å². The number of rotatable bonds is 4. The number of carbonyl (C=O) groups is 1. The zero-order chi connectivity index (χ0) is 24.2. The van der Waals surface area contributed by atoms with Gasteiger partial charge in [0, 0.05) is 23.4 Å². The third kappa shape index (κ3) is 4.24. The summed E-state index contributed by atoms with van der Waals surface area (Å²) in [6, 6.07) is 10.4. The normalized spacial score (nSPS) is 24.1. The van der Waals surface area contributed by atoms with Crippen molar-refractivity contribution >= 4 is 29.9 Å². The molecule has 9 heteroatoms. The number of hydrogen-bond acceptors (Lipinski definition) is 4. The quantitative estimate of drug-likeness (QED) is 0.659. The van der Waals surface area contributed by atoms with Crippen molar-refractivity contribution in [1.29, 1.82) is 0 Å². The average Bonchev–Trinajstić information content (AvgIpc) is 3.17. The molecule has 0 saturated carbocycles. The van der Waals surface area contributed by atoms with Gasteiger partial charge in [-0.05, 0) is 76.9 Å². The minimum atomic E-state index is -4.40. The van der Waals surface area contributed by atoms with Crippen LogP contribution in [0.15, 0.2) is 42.5 Å². The molecule has 2 aromatic rings. The Bertz CT molecular complexity index is 1050. The van der Waals surface area contributed by atoms with Crippen molar-refractivity contribution in [2.45, 2.75) is 63.8 Å². The molecule has 2 aromatic carbocycles. The van der Waals surface area contributed by atoms with Crippen LogP contribution in [0.2, 0.25) is 0 Å². The van der Waals surface area contributed by atoms with Crippen LogP contribution in [0, 0.1) is 0 Å². The maximum atomic E-state index is 12.9. The van der Waals surface area contributed by atoms with Crippen molar-refractivity contribution in [2.75, 3.05) is 11.9 Å². The first kappa shape index (κ1) is 23.6. The van der Waals surface area contributed by atoms with Crippen molar-refractivity contribution < 1.29 is 27.3 Å². The van der Waals surface area contributed by atoms with E-state index in [1.807, 2.05) is 52.8 Å². The monoisotopic (exact) mass is 460 g/mol. The number of amides is 1. The molecule has 0 radical (unpaired) electrons. The molecule has 1 atom stereocenters. The Labute approximate surface area is 192 Å². The molecule has 176 valence electrons. The van der Waals surface area contributed by atoms with Gasteiger partial charge in [0.1, 0.15) is 0 Å². The van der Waals surface area contributed by atoms with Crippen LogP contribution >= 0.6 is 0 Å². The Morgan fingerprint density at radius 1 is 0.970 bits per heavy atom. The van der Waals surface area contributed by atoms with E-state index in [9.17, 15) is 18.0 Å². The summed E-state index contributed by atoms with van der Waals surface area (Å²) in [7, 11) is -0.708. The molecule has 2 aliphatic heterocycles. The van der Waals surface area contributed by atoms with Crippen LogP contribution in [0.3, 0.4) is 0 Å². The Morgan fingerprint density at radius 3 is 2.09 bits per heavy atom. The molecule has 2 fully saturated rings. The lowest BCUT2D eigenvalue weighted by molar-refractivity contribution is -0.137. The highest BCUT2D eigenvalue weighted by atomic mass is 19.4. The summed E-state index contributed by atoms with van der Waals surface area (Å²) in [5.74, 6) is -0.0363. The fourth-order valence-corrected chi connectivity index (χ4v) is 4.09. The molecule has 0 aromatic heterocycles. The van der Waals surface area contributed by atoms with Crippen molar-refractivity contribution in [3.05, 3.63) is 53.6 Å². The lowest BCUT2D eigenvalue weighted by Crippen LogP contribution is -2.41. The van der Waals surface area contributed by atoms with E-state index in [0.717, 1.165) is 17.7 Å². The topological polar surface area (TPSA) is 59.6 Å². The molecular weight excluding hydrogens is 432 g/mol. The number of nitrogens with one attached hydrogen (secondary N) is 2. The third-order valence-electron chi connectivity index (χ3n) is 7.10. The van der Waals surface area contributed by atoms with Crippen molar-refractivity contribution in [2.24, 2.45) is 0 Å². The molecule has 0 bridgehead atoms.